The molecule has 1 aromatic heterocycles. The van der Waals surface area contributed by atoms with Crippen LogP contribution in [-0.2, 0) is 4.79 Å². The minimum Gasteiger partial charge on any atom is -0.497 e. The fourth-order valence-corrected chi connectivity index (χ4v) is 3.33. The van der Waals surface area contributed by atoms with Crippen LogP contribution in [0.3, 0.4) is 0 Å². The van der Waals surface area contributed by atoms with Crippen molar-refractivity contribution in [3.8, 4) is 17.4 Å². The molecule has 2 aromatic rings. The first-order valence-electron chi connectivity index (χ1n) is 9.73. The predicted molar refractivity (Wildman–Crippen MR) is 111 cm³/mol. The summed E-state index contributed by atoms with van der Waals surface area (Å²) >= 11 is 0. The molecule has 1 amide bonds. The molecule has 0 bridgehead atoms. The molecule has 8 nitrogen and oxygen atoms in total. The molecule has 0 saturated carbocycles. The lowest BCUT2D eigenvalue weighted by Crippen LogP contribution is -2.35. The van der Waals surface area contributed by atoms with Crippen LogP contribution in [0.4, 0.5) is 11.6 Å². The Morgan fingerprint density at radius 3 is 2.55 bits per heavy atom. The van der Waals surface area contributed by atoms with Gasteiger partial charge in [0.2, 0.25) is 11.8 Å². The molecule has 0 spiro atoms. The van der Waals surface area contributed by atoms with Gasteiger partial charge < -0.3 is 24.4 Å². The van der Waals surface area contributed by atoms with E-state index in [1.165, 1.54) is 6.42 Å². The van der Waals surface area contributed by atoms with Gasteiger partial charge in [-0.3, -0.25) is 4.79 Å². The summed E-state index contributed by atoms with van der Waals surface area (Å²) < 4.78 is 16.1. The van der Waals surface area contributed by atoms with E-state index in [9.17, 15) is 4.79 Å². The first kappa shape index (κ1) is 20.7. The van der Waals surface area contributed by atoms with Crippen LogP contribution in [-0.4, -0.2) is 49.8 Å². The highest BCUT2D eigenvalue weighted by atomic mass is 16.5. The molecule has 1 N–H and O–H groups in total. The Balaban J connectivity index is 1.63. The van der Waals surface area contributed by atoms with Crippen LogP contribution in [0.5, 0.6) is 17.4 Å². The third-order valence-corrected chi connectivity index (χ3v) is 4.75. The second-order valence-corrected chi connectivity index (χ2v) is 7.28. The molecule has 8 heteroatoms. The maximum absolute atomic E-state index is 12.3. The van der Waals surface area contributed by atoms with Gasteiger partial charge in [-0.2, -0.15) is 4.98 Å². The molecule has 1 aromatic carbocycles. The molecule has 2 heterocycles. The Kier molecular flexibility index (Phi) is 6.74. The third kappa shape index (κ3) is 5.73. The van der Waals surface area contributed by atoms with Gasteiger partial charge in [0, 0.05) is 48.7 Å². The molecule has 1 unspecified atom stereocenters. The van der Waals surface area contributed by atoms with Crippen LogP contribution >= 0.6 is 0 Å². The van der Waals surface area contributed by atoms with E-state index in [1.54, 1.807) is 38.5 Å². The first-order valence-corrected chi connectivity index (χ1v) is 9.73. The van der Waals surface area contributed by atoms with E-state index in [2.05, 4.69) is 27.1 Å². The maximum Gasteiger partial charge on any atom is 0.262 e. The van der Waals surface area contributed by atoms with E-state index in [1.807, 2.05) is 6.92 Å². The number of carbonyl (C=O) groups is 1. The van der Waals surface area contributed by atoms with Gasteiger partial charge in [0.05, 0.1) is 14.2 Å². The number of benzene rings is 1. The fraction of sp³-hybridized carbons (Fsp3) is 0.476. The van der Waals surface area contributed by atoms with E-state index in [-0.39, 0.29) is 12.5 Å². The van der Waals surface area contributed by atoms with Gasteiger partial charge in [0.15, 0.2) is 6.61 Å². The molecular weight excluding hydrogens is 372 g/mol. The lowest BCUT2D eigenvalue weighted by molar-refractivity contribution is -0.118. The first-order chi connectivity index (χ1) is 14.0. The van der Waals surface area contributed by atoms with E-state index >= 15 is 0 Å². The van der Waals surface area contributed by atoms with E-state index in [0.717, 1.165) is 25.2 Å². The van der Waals surface area contributed by atoms with E-state index < -0.39 is 0 Å². The predicted octanol–water partition coefficient (Wildman–Crippen LogP) is 3.06. The highest BCUT2D eigenvalue weighted by Crippen LogP contribution is 2.26. The lowest BCUT2D eigenvalue weighted by Gasteiger charge is -2.31. The van der Waals surface area contributed by atoms with Crippen molar-refractivity contribution in [3.05, 3.63) is 30.0 Å². The van der Waals surface area contributed by atoms with Gasteiger partial charge in [-0.25, -0.2) is 4.98 Å². The van der Waals surface area contributed by atoms with Crippen molar-refractivity contribution in [3.63, 3.8) is 0 Å². The normalized spacial score (nSPS) is 16.3. The van der Waals surface area contributed by atoms with Crippen LogP contribution in [0, 0.1) is 12.8 Å². The smallest absolute Gasteiger partial charge is 0.262 e. The zero-order chi connectivity index (χ0) is 20.8. The largest absolute Gasteiger partial charge is 0.497 e. The minimum absolute atomic E-state index is 0.161. The summed E-state index contributed by atoms with van der Waals surface area (Å²) in [5.74, 6) is 2.54. The van der Waals surface area contributed by atoms with Crippen LogP contribution < -0.4 is 24.4 Å². The topological polar surface area (TPSA) is 85.8 Å². The highest BCUT2D eigenvalue weighted by molar-refractivity contribution is 5.92. The highest BCUT2D eigenvalue weighted by Gasteiger charge is 2.19. The monoisotopic (exact) mass is 400 g/mol. The molecule has 0 aliphatic carbocycles. The van der Waals surface area contributed by atoms with Gasteiger partial charge in [0.25, 0.3) is 5.91 Å². The summed E-state index contributed by atoms with van der Waals surface area (Å²) in [4.78, 5) is 23.5. The fourth-order valence-electron chi connectivity index (χ4n) is 3.33. The quantitative estimate of drug-likeness (QED) is 0.764. The van der Waals surface area contributed by atoms with Gasteiger partial charge in [-0.15, -0.1) is 0 Å². The number of aryl methyl sites for hydroxylation is 1. The minimum atomic E-state index is -0.301. The number of ether oxygens (including phenoxy) is 3. The molecule has 29 heavy (non-hydrogen) atoms. The molecule has 1 atom stereocenters. The van der Waals surface area contributed by atoms with Crippen molar-refractivity contribution in [1.82, 2.24) is 9.97 Å². The molecular formula is C21H28N4O4. The summed E-state index contributed by atoms with van der Waals surface area (Å²) in [6.07, 6.45) is 2.35. The van der Waals surface area contributed by atoms with Crippen LogP contribution in [0.15, 0.2) is 24.3 Å². The Hall–Kier alpha value is -3.03. The summed E-state index contributed by atoms with van der Waals surface area (Å²) in [5.41, 5.74) is 1.37. The van der Waals surface area contributed by atoms with Crippen LogP contribution in [0.2, 0.25) is 0 Å². The Bertz CT molecular complexity index is 836. The van der Waals surface area contributed by atoms with Crippen LogP contribution in [0.25, 0.3) is 0 Å². The number of anilines is 2. The summed E-state index contributed by atoms with van der Waals surface area (Å²) in [6, 6.07) is 6.90. The molecule has 0 radical (unpaired) electrons. The van der Waals surface area contributed by atoms with Gasteiger partial charge in [0.1, 0.15) is 11.5 Å². The third-order valence-electron chi connectivity index (χ3n) is 4.75. The Morgan fingerprint density at radius 2 is 1.90 bits per heavy atom. The van der Waals surface area contributed by atoms with Crippen LogP contribution in [0.1, 0.15) is 25.5 Å². The molecule has 156 valence electrons. The Labute approximate surface area is 171 Å². The SMILES string of the molecule is COc1cc(NC(=O)COc2cc(C)nc(N3CCCC(C)C3)n2)cc(OC)c1. The molecule has 1 aliphatic heterocycles. The average Bonchev–Trinajstić information content (AvgIpc) is 2.71. The number of amides is 1. The van der Waals surface area contributed by atoms with Crippen molar-refractivity contribution >= 4 is 17.5 Å². The van der Waals surface area contributed by atoms with Gasteiger partial charge in [-0.05, 0) is 25.7 Å². The van der Waals surface area contributed by atoms with Crippen molar-refractivity contribution in [2.24, 2.45) is 5.92 Å². The molecule has 1 aliphatic rings. The van der Waals surface area contributed by atoms with Gasteiger partial charge in [-0.1, -0.05) is 6.92 Å². The number of methoxy groups -OCH3 is 2. The number of nitrogens with one attached hydrogen (secondary N) is 1. The summed E-state index contributed by atoms with van der Waals surface area (Å²) in [6.45, 7) is 5.84. The number of nitrogens with zero attached hydrogens (tertiary/aromatic N) is 3. The second-order valence-electron chi connectivity index (χ2n) is 7.28. The zero-order valence-electron chi connectivity index (χ0n) is 17.4. The summed E-state index contributed by atoms with van der Waals surface area (Å²) in [5, 5.41) is 2.78. The second kappa shape index (κ2) is 9.45. The number of aromatic nitrogens is 2. The van der Waals surface area contributed by atoms with Crippen molar-refractivity contribution in [2.75, 3.05) is 44.1 Å². The van der Waals surface area contributed by atoms with E-state index in [4.69, 9.17) is 14.2 Å². The molecule has 3 rings (SSSR count). The number of carbonyl (C=O) groups excluding carboxylic acids is 1. The average molecular weight is 400 g/mol. The number of hydrogen-bond donors (Lipinski definition) is 1. The zero-order valence-corrected chi connectivity index (χ0v) is 17.4. The number of hydrogen-bond acceptors (Lipinski definition) is 7. The number of piperidine rings is 1. The van der Waals surface area contributed by atoms with Gasteiger partial charge >= 0.3 is 0 Å². The number of rotatable bonds is 7. The van der Waals surface area contributed by atoms with Crippen molar-refractivity contribution in [1.29, 1.82) is 0 Å². The molecule has 1 fully saturated rings. The Morgan fingerprint density at radius 1 is 1.17 bits per heavy atom. The summed E-state index contributed by atoms with van der Waals surface area (Å²) in [7, 11) is 3.11. The van der Waals surface area contributed by atoms with Crippen molar-refractivity contribution in [2.45, 2.75) is 26.7 Å². The standard InChI is InChI=1S/C21H28N4O4/c1-14-6-5-7-25(12-14)21-22-15(2)8-20(24-21)29-13-19(26)23-16-9-17(27-3)11-18(10-16)28-4/h8-11,14H,5-7,12-13H2,1-4H3,(H,23,26). The van der Waals surface area contributed by atoms with E-state index in [0.29, 0.717) is 34.9 Å². The van der Waals surface area contributed by atoms with Crippen molar-refractivity contribution < 1.29 is 19.0 Å². The lowest BCUT2D eigenvalue weighted by atomic mass is 10.0. The molecule has 1 saturated heterocycles. The maximum atomic E-state index is 12.3.